The van der Waals surface area contributed by atoms with Gasteiger partial charge in [-0.05, 0) is 84.4 Å². The zero-order valence-corrected chi connectivity index (χ0v) is 24.0. The Morgan fingerprint density at radius 2 is 1.63 bits per heavy atom. The molecular weight excluding hydrogens is 488 g/mol. The first-order chi connectivity index (χ1) is 17.5. The van der Waals surface area contributed by atoms with Crippen LogP contribution in [0.15, 0.2) is 24.3 Å². The van der Waals surface area contributed by atoms with Gasteiger partial charge in [-0.25, -0.2) is 4.79 Å². The van der Waals surface area contributed by atoms with E-state index in [0.717, 1.165) is 6.42 Å². The second-order valence-corrected chi connectivity index (χ2v) is 11.4. The number of hydrogen-bond acceptors (Lipinski definition) is 6. The number of nitrogens with one attached hydrogen (secondary N) is 2. The zero-order chi connectivity index (χ0) is 29.2. The number of nitrogens with zero attached hydrogens (tertiary/aromatic N) is 1. The number of amides is 4. The number of ether oxygens (including phenoxy) is 1. The van der Waals surface area contributed by atoms with Gasteiger partial charge in [0.1, 0.15) is 23.4 Å². The predicted molar refractivity (Wildman–Crippen MR) is 146 cm³/mol. The molecule has 1 aromatic rings. The molecule has 0 aliphatic carbocycles. The van der Waals surface area contributed by atoms with E-state index in [-0.39, 0.29) is 24.6 Å². The van der Waals surface area contributed by atoms with Gasteiger partial charge in [-0.2, -0.15) is 0 Å². The Morgan fingerprint density at radius 1 is 1.00 bits per heavy atom. The minimum atomic E-state index is -1.18. The SMILES string of the molecule is CC(C)CCC(C)N(C(=O)C(CCC(N)=O)NC(=O)OC(C)(C)C)C(C(=O)NC(C)C)c1cccc(O)c1. The third-order valence-electron chi connectivity index (χ3n) is 5.70. The van der Waals surface area contributed by atoms with E-state index in [1.807, 2.05) is 20.8 Å². The number of rotatable bonds is 13. The third-order valence-corrected chi connectivity index (χ3v) is 5.70. The molecule has 0 saturated carbocycles. The van der Waals surface area contributed by atoms with Crippen LogP contribution >= 0.6 is 0 Å². The van der Waals surface area contributed by atoms with E-state index in [1.165, 1.54) is 17.0 Å². The topological polar surface area (TPSA) is 151 Å². The lowest BCUT2D eigenvalue weighted by molar-refractivity contribution is -0.145. The lowest BCUT2D eigenvalue weighted by Gasteiger charge is -2.39. The van der Waals surface area contributed by atoms with Crippen molar-refractivity contribution >= 4 is 23.8 Å². The van der Waals surface area contributed by atoms with Gasteiger partial charge in [0.05, 0.1) is 0 Å². The minimum Gasteiger partial charge on any atom is -0.508 e. The molecule has 1 aromatic carbocycles. The van der Waals surface area contributed by atoms with Crippen molar-refractivity contribution in [1.29, 1.82) is 0 Å². The van der Waals surface area contributed by atoms with E-state index in [4.69, 9.17) is 10.5 Å². The molecule has 0 heterocycles. The fourth-order valence-corrected chi connectivity index (χ4v) is 3.98. The summed E-state index contributed by atoms with van der Waals surface area (Å²) >= 11 is 0. The van der Waals surface area contributed by atoms with Crippen molar-refractivity contribution in [1.82, 2.24) is 15.5 Å². The summed E-state index contributed by atoms with van der Waals surface area (Å²) in [5, 5.41) is 15.6. The molecule has 1 rings (SSSR count). The van der Waals surface area contributed by atoms with Crippen LogP contribution in [-0.4, -0.2) is 57.5 Å². The molecule has 4 amide bonds. The van der Waals surface area contributed by atoms with Gasteiger partial charge >= 0.3 is 6.09 Å². The Labute approximate surface area is 226 Å². The summed E-state index contributed by atoms with van der Waals surface area (Å²) in [6, 6.07) is 3.28. The maximum absolute atomic E-state index is 14.2. The highest BCUT2D eigenvalue weighted by atomic mass is 16.6. The molecule has 0 aliphatic rings. The Hall–Kier alpha value is -3.30. The molecule has 0 aliphatic heterocycles. The van der Waals surface area contributed by atoms with E-state index in [0.29, 0.717) is 17.9 Å². The molecular formula is C28H46N4O6. The van der Waals surface area contributed by atoms with Crippen LogP contribution in [0.4, 0.5) is 4.79 Å². The molecule has 5 N–H and O–H groups in total. The molecule has 0 radical (unpaired) electrons. The van der Waals surface area contributed by atoms with E-state index in [2.05, 4.69) is 24.5 Å². The number of benzene rings is 1. The van der Waals surface area contributed by atoms with Gasteiger partial charge in [0.25, 0.3) is 0 Å². The quantitative estimate of drug-likeness (QED) is 0.302. The van der Waals surface area contributed by atoms with Crippen LogP contribution in [0.25, 0.3) is 0 Å². The van der Waals surface area contributed by atoms with Gasteiger partial charge in [-0.1, -0.05) is 26.0 Å². The predicted octanol–water partition coefficient (Wildman–Crippen LogP) is 3.77. The Balaban J connectivity index is 3.62. The summed E-state index contributed by atoms with van der Waals surface area (Å²) in [6.45, 7) is 14.7. The van der Waals surface area contributed by atoms with E-state index in [9.17, 15) is 24.3 Å². The first-order valence-electron chi connectivity index (χ1n) is 13.2. The molecule has 38 heavy (non-hydrogen) atoms. The highest BCUT2D eigenvalue weighted by Gasteiger charge is 2.39. The summed E-state index contributed by atoms with van der Waals surface area (Å²) < 4.78 is 5.36. The first-order valence-corrected chi connectivity index (χ1v) is 13.2. The number of primary amides is 1. The largest absolute Gasteiger partial charge is 0.508 e. The number of aromatic hydroxyl groups is 1. The van der Waals surface area contributed by atoms with Crippen molar-refractivity contribution in [3.63, 3.8) is 0 Å². The summed E-state index contributed by atoms with van der Waals surface area (Å²) in [5.41, 5.74) is 4.96. The first kappa shape index (κ1) is 32.7. The van der Waals surface area contributed by atoms with Crippen molar-refractivity contribution in [2.24, 2.45) is 11.7 Å². The molecule has 0 aromatic heterocycles. The number of hydrogen-bond donors (Lipinski definition) is 4. The van der Waals surface area contributed by atoms with E-state index >= 15 is 0 Å². The van der Waals surface area contributed by atoms with Gasteiger partial charge in [0.15, 0.2) is 0 Å². The summed E-state index contributed by atoms with van der Waals surface area (Å²) in [5.74, 6) is -1.31. The molecule has 10 nitrogen and oxygen atoms in total. The van der Waals surface area contributed by atoms with Crippen LogP contribution in [-0.2, 0) is 19.1 Å². The normalized spacial score (nSPS) is 13.9. The van der Waals surface area contributed by atoms with Crippen molar-refractivity contribution in [2.45, 2.75) is 111 Å². The second kappa shape index (κ2) is 14.6. The standard InChI is InChI=1S/C28H46N4O6/c1-17(2)12-13-19(5)32(24(25(35)30-18(3)4)20-10-9-11-21(33)16-20)26(36)22(14-15-23(29)34)31-27(37)38-28(6,7)8/h9-11,16-19,22,24,33H,12-15H2,1-8H3,(H2,29,34)(H,30,35)(H,31,37). The molecule has 0 saturated heterocycles. The molecule has 214 valence electrons. The Bertz CT molecular complexity index is 957. The maximum atomic E-state index is 14.2. The number of phenols is 1. The van der Waals surface area contributed by atoms with Crippen LogP contribution in [0.3, 0.4) is 0 Å². The Kier molecular flexibility index (Phi) is 12.6. The molecule has 10 heteroatoms. The summed E-state index contributed by atoms with van der Waals surface area (Å²) in [4.78, 5) is 53.5. The third kappa shape index (κ3) is 11.4. The highest BCUT2D eigenvalue weighted by Crippen LogP contribution is 2.30. The molecule has 0 fully saturated rings. The van der Waals surface area contributed by atoms with Crippen LogP contribution in [0.5, 0.6) is 5.75 Å². The van der Waals surface area contributed by atoms with Gasteiger partial charge in [0, 0.05) is 18.5 Å². The lowest BCUT2D eigenvalue weighted by atomic mass is 9.96. The van der Waals surface area contributed by atoms with E-state index in [1.54, 1.807) is 32.9 Å². The van der Waals surface area contributed by atoms with Crippen molar-refractivity contribution in [2.75, 3.05) is 0 Å². The van der Waals surface area contributed by atoms with Crippen LogP contribution in [0.1, 0.15) is 92.7 Å². The number of carbonyl (C=O) groups excluding carboxylic acids is 4. The summed E-state index contributed by atoms with van der Waals surface area (Å²) in [7, 11) is 0. The van der Waals surface area contributed by atoms with Crippen LogP contribution in [0.2, 0.25) is 0 Å². The monoisotopic (exact) mass is 534 g/mol. The average molecular weight is 535 g/mol. The van der Waals surface area contributed by atoms with Crippen LogP contribution < -0.4 is 16.4 Å². The number of alkyl carbamates (subject to hydrolysis) is 1. The maximum Gasteiger partial charge on any atom is 0.408 e. The lowest BCUT2D eigenvalue weighted by Crippen LogP contribution is -2.56. The van der Waals surface area contributed by atoms with Crippen molar-refractivity contribution in [3.8, 4) is 5.75 Å². The fourth-order valence-electron chi connectivity index (χ4n) is 3.98. The average Bonchev–Trinajstić information content (AvgIpc) is 2.76. The van der Waals surface area contributed by atoms with Crippen molar-refractivity contribution in [3.05, 3.63) is 29.8 Å². The molecule has 0 spiro atoms. The molecule has 0 bridgehead atoms. The van der Waals surface area contributed by atoms with Gasteiger partial charge in [-0.15, -0.1) is 0 Å². The minimum absolute atomic E-state index is 0.0516. The number of phenolic OH excluding ortho intramolecular Hbond substituents is 1. The second-order valence-electron chi connectivity index (χ2n) is 11.4. The zero-order valence-electron chi connectivity index (χ0n) is 24.0. The van der Waals surface area contributed by atoms with Gasteiger partial charge in [-0.3, -0.25) is 14.4 Å². The van der Waals surface area contributed by atoms with Gasteiger partial charge < -0.3 is 31.1 Å². The van der Waals surface area contributed by atoms with Gasteiger partial charge in [0.2, 0.25) is 17.7 Å². The molecule has 3 atom stereocenters. The molecule has 3 unspecified atom stereocenters. The van der Waals surface area contributed by atoms with Crippen LogP contribution in [0, 0.1) is 5.92 Å². The Morgan fingerprint density at radius 3 is 2.13 bits per heavy atom. The number of carbonyl (C=O) groups is 4. The summed E-state index contributed by atoms with van der Waals surface area (Å²) in [6.07, 6.45) is 0.322. The fraction of sp³-hybridized carbons (Fsp3) is 0.643. The highest BCUT2D eigenvalue weighted by molar-refractivity contribution is 5.92. The smallest absolute Gasteiger partial charge is 0.408 e. The van der Waals surface area contributed by atoms with Crippen molar-refractivity contribution < 1.29 is 29.0 Å². The van der Waals surface area contributed by atoms with E-state index < -0.39 is 47.5 Å². The number of nitrogens with two attached hydrogens (primary N) is 1.